The van der Waals surface area contributed by atoms with Crippen molar-refractivity contribution in [3.8, 4) is 0 Å². The number of hydrogen-bond donors (Lipinski definition) is 0. The second-order valence-corrected chi connectivity index (χ2v) is 26.4. The van der Waals surface area contributed by atoms with E-state index in [1.165, 1.54) is 11.8 Å². The van der Waals surface area contributed by atoms with E-state index in [1.807, 2.05) is 0 Å². The van der Waals surface area contributed by atoms with Crippen molar-refractivity contribution in [1.29, 1.82) is 0 Å². The third-order valence-corrected chi connectivity index (χ3v) is 34.3. The summed E-state index contributed by atoms with van der Waals surface area (Å²) >= 11 is 0. The molecule has 43 heavy (non-hydrogen) atoms. The van der Waals surface area contributed by atoms with Gasteiger partial charge in [-0.2, -0.15) is 0 Å². The normalized spacial score (nSPS) is 143. The Kier molecular flexibility index (Phi) is 0.523. The van der Waals surface area contributed by atoms with E-state index in [9.17, 15) is 9.59 Å². The van der Waals surface area contributed by atoms with Gasteiger partial charge in [-0.15, -0.1) is 0 Å². The van der Waals surface area contributed by atoms with E-state index in [4.69, 9.17) is 9.47 Å². The lowest BCUT2D eigenvalue weighted by molar-refractivity contribution is -0.159. The molecule has 192 valence electrons. The van der Waals surface area contributed by atoms with E-state index < -0.39 is 0 Å². The highest BCUT2D eigenvalue weighted by Gasteiger charge is 3.90. The van der Waals surface area contributed by atoms with Crippen LogP contribution in [0.4, 0.5) is 0 Å². The van der Waals surface area contributed by atoms with Crippen molar-refractivity contribution in [3.05, 3.63) is 0 Å². The van der Waals surface area contributed by atoms with E-state index in [0.717, 1.165) is 153 Å². The van der Waals surface area contributed by atoms with E-state index in [1.54, 1.807) is 12.8 Å². The third kappa shape index (κ3) is 0.275. The first-order valence-electron chi connectivity index (χ1n) is 19.6. The van der Waals surface area contributed by atoms with Gasteiger partial charge in [-0.25, -0.2) is 0 Å². The predicted molar refractivity (Wildman–Crippen MR) is 116 cm³/mol. The molecule has 32 saturated carbocycles. The minimum Gasteiger partial charge on any atom is -0.461 e. The Labute approximate surface area is 237 Å². The van der Waals surface area contributed by atoms with Crippen LogP contribution in [0.3, 0.4) is 0 Å². The molecular weight excluding hydrogens is 532 g/mol. The monoisotopic (exact) mass is 544 g/mol. The first kappa shape index (κ1) is 13.2. The van der Waals surface area contributed by atoms with Crippen LogP contribution in [0.25, 0.3) is 0 Å². The van der Waals surface area contributed by atoms with Crippen molar-refractivity contribution < 1.29 is 19.1 Å². The van der Waals surface area contributed by atoms with Crippen LogP contribution in [0.5, 0.6) is 0 Å². The molecule has 0 aromatic rings. The Morgan fingerprint density at radius 2 is 0.791 bits per heavy atom. The Hall–Kier alpha value is -1.06. The standard InChI is InChI=1S/C39H12O4/c40-6(42-10-8-14(10)18(8)22(14)26(18)30(22)34(26)36-28-20-12-2-4(12)16(12,20)24(20,28)32(28,36)38(30,34)36)1-7(41)43-11-9-15(11)19(9)23(15)27(19)31(23)35(27)37-29-21-13-3-5(13)17(13,21)25(21,29)33(29,37)39(31,35)37/h4-5,8-11H,1-3H2. The van der Waals surface area contributed by atoms with Gasteiger partial charge in [0.15, 0.2) is 0 Å². The van der Waals surface area contributed by atoms with Gasteiger partial charge in [-0.1, -0.05) is 0 Å². The lowest BCUT2D eigenvalue weighted by atomic mass is 9.84. The molecule has 32 aliphatic rings. The van der Waals surface area contributed by atoms with Gasteiger partial charge in [-0.3, -0.25) is 9.59 Å². The zero-order chi connectivity index (χ0) is 24.2. The third-order valence-electron chi connectivity index (χ3n) is 34.3. The maximum Gasteiger partial charge on any atom is 0.317 e. The second kappa shape index (κ2) is 1.70. The van der Waals surface area contributed by atoms with E-state index >= 15 is 0 Å². The summed E-state index contributed by atoms with van der Waals surface area (Å²) < 4.78 is 12.2. The van der Waals surface area contributed by atoms with Gasteiger partial charge >= 0.3 is 11.9 Å². The molecule has 0 aliphatic heterocycles. The number of rotatable bonds is 4. The summed E-state index contributed by atoms with van der Waals surface area (Å²) in [6, 6.07) is 0. The van der Waals surface area contributed by atoms with Crippen LogP contribution in [-0.2, 0) is 19.1 Å². The molecular formula is C39H12O4. The fourth-order valence-corrected chi connectivity index (χ4v) is 40.1. The summed E-state index contributed by atoms with van der Waals surface area (Å²) in [5, 5.41) is 0. The van der Waals surface area contributed by atoms with Gasteiger partial charge in [0.1, 0.15) is 18.6 Å². The second-order valence-electron chi connectivity index (χ2n) is 26.4. The van der Waals surface area contributed by atoms with Crippen LogP contribution >= 0.6 is 0 Å². The summed E-state index contributed by atoms with van der Waals surface area (Å²) in [7, 11) is 0. The Balaban J connectivity index is 0.462. The van der Waals surface area contributed by atoms with Gasteiger partial charge in [-0.05, 0) is 111 Å². The van der Waals surface area contributed by atoms with Gasteiger partial charge in [0.25, 0.3) is 0 Å². The molecule has 0 saturated heterocycles. The molecule has 0 radical (unpaired) electrons. The molecule has 0 aromatic heterocycles. The molecule has 4 heteroatoms. The highest BCUT2D eigenvalue weighted by Crippen LogP contribution is 3.90. The minimum absolute atomic E-state index is 0.0956. The van der Waals surface area contributed by atoms with Crippen molar-refractivity contribution in [2.24, 2.45) is 175 Å². The van der Waals surface area contributed by atoms with Gasteiger partial charge < -0.3 is 9.47 Å². The molecule has 34 unspecified atom stereocenters. The van der Waals surface area contributed by atoms with Crippen LogP contribution in [0, 0.1) is 175 Å². The van der Waals surface area contributed by atoms with Crippen molar-refractivity contribution in [2.45, 2.75) is 31.5 Å². The fourth-order valence-electron chi connectivity index (χ4n) is 40.1. The quantitative estimate of drug-likeness (QED) is 0.382. The van der Waals surface area contributed by atoms with Crippen LogP contribution < -0.4 is 0 Å². The molecule has 32 aliphatic carbocycles. The summed E-state index contributed by atoms with van der Waals surface area (Å²) in [6.45, 7) is 0. The zero-order valence-corrected chi connectivity index (χ0v) is 22.2. The highest BCUT2D eigenvalue weighted by atomic mass is 16.6. The summed E-state index contributed by atoms with van der Waals surface area (Å²) in [5.74, 6) is 3.61. The van der Waals surface area contributed by atoms with Crippen molar-refractivity contribution >= 4 is 11.9 Å². The molecule has 28 spiro atoms. The first-order chi connectivity index (χ1) is 21.2. The van der Waals surface area contributed by atoms with E-state index in [0.29, 0.717) is 10.8 Å². The van der Waals surface area contributed by atoms with Gasteiger partial charge in [0.05, 0.1) is 0 Å². The molecule has 0 aromatic carbocycles. The van der Waals surface area contributed by atoms with Gasteiger partial charge in [0.2, 0.25) is 0 Å². The molecule has 4 nitrogen and oxygen atoms in total. The lowest BCUT2D eigenvalue weighted by Crippen LogP contribution is -2.25. The predicted octanol–water partition coefficient (Wildman–Crippen LogP) is 0.499. The molecule has 32 rings (SSSR count). The molecule has 34 atom stereocenters. The minimum atomic E-state index is -0.234. The molecule has 0 bridgehead atoms. The number of carbonyl (C=O) groups is 2. The average molecular weight is 545 g/mol. The summed E-state index contributed by atoms with van der Waals surface area (Å²) in [4.78, 5) is 25.9. The summed E-state index contributed by atoms with van der Waals surface area (Å²) in [5.41, 5.74) is 26.3. The lowest BCUT2D eigenvalue weighted by Gasteiger charge is -2.20. The fraction of sp³-hybridized carbons (Fsp3) is 0.949. The number of carbonyl (C=O) groups excluding carboxylic acids is 2. The smallest absolute Gasteiger partial charge is 0.317 e. The first-order valence-corrected chi connectivity index (χ1v) is 19.6. The van der Waals surface area contributed by atoms with Gasteiger partial charge in [0, 0.05) is 76.8 Å². The van der Waals surface area contributed by atoms with Crippen molar-refractivity contribution in [3.63, 3.8) is 0 Å². The van der Waals surface area contributed by atoms with Crippen molar-refractivity contribution in [2.75, 3.05) is 0 Å². The van der Waals surface area contributed by atoms with E-state index in [-0.39, 0.29) is 30.6 Å². The molecule has 0 N–H and O–H groups in total. The Morgan fingerprint density at radius 3 is 1.19 bits per heavy atom. The van der Waals surface area contributed by atoms with Crippen LogP contribution in [-0.4, -0.2) is 24.1 Å². The average Bonchev–Trinajstić information content (AvgIpc) is 3.59. The van der Waals surface area contributed by atoms with Crippen LogP contribution in [0.2, 0.25) is 0 Å². The molecule has 0 amide bonds. The van der Waals surface area contributed by atoms with E-state index in [2.05, 4.69) is 0 Å². The summed E-state index contributed by atoms with van der Waals surface area (Å²) in [6.07, 6.45) is 3.72. The zero-order valence-electron chi connectivity index (χ0n) is 22.2. The SMILES string of the molecule is O=C(CC(=O)OC1C2C13C21C32C13C21C32C34C56C78C9%10CC9C%107C85C63C124)OC1C2C13C21C32C13C21C32C34C56C78C9%10CC9C%107C85C63C124. The number of esters is 2. The number of hydrogen-bond acceptors (Lipinski definition) is 4. The van der Waals surface area contributed by atoms with Crippen molar-refractivity contribution in [1.82, 2.24) is 0 Å². The highest BCUT2D eigenvalue weighted by molar-refractivity contribution is 6.34. The number of ether oxygens (including phenoxy) is 2. The largest absolute Gasteiger partial charge is 0.461 e. The maximum absolute atomic E-state index is 13.0. The topological polar surface area (TPSA) is 52.6 Å². The molecule has 0 heterocycles. The maximum atomic E-state index is 13.0. The molecule has 32 fully saturated rings. The van der Waals surface area contributed by atoms with Crippen LogP contribution in [0.1, 0.15) is 19.3 Å². The Bertz CT molecular complexity index is 2920. The Morgan fingerprint density at radius 1 is 0.442 bits per heavy atom. The van der Waals surface area contributed by atoms with Crippen LogP contribution in [0.15, 0.2) is 0 Å².